The van der Waals surface area contributed by atoms with Crippen molar-refractivity contribution in [2.24, 2.45) is 0 Å². The molecule has 1 fully saturated rings. The molecular formula is C8H13N3O2. The summed E-state index contributed by atoms with van der Waals surface area (Å²) in [5, 5.41) is 13.0. The molecule has 0 saturated carbocycles. The van der Waals surface area contributed by atoms with Gasteiger partial charge in [0.15, 0.2) is 0 Å². The van der Waals surface area contributed by atoms with Crippen molar-refractivity contribution in [2.45, 2.75) is 25.9 Å². The van der Waals surface area contributed by atoms with E-state index in [0.717, 1.165) is 13.1 Å². The molecule has 1 aromatic rings. The van der Waals surface area contributed by atoms with Crippen LogP contribution in [0.15, 0.2) is 4.52 Å². The zero-order valence-corrected chi connectivity index (χ0v) is 7.60. The zero-order valence-electron chi connectivity index (χ0n) is 7.60. The normalized spacial score (nSPS) is 19.4. The first-order chi connectivity index (χ1) is 6.27. The van der Waals surface area contributed by atoms with Crippen LogP contribution >= 0.6 is 0 Å². The van der Waals surface area contributed by atoms with Crippen LogP contribution in [-0.2, 0) is 0 Å². The van der Waals surface area contributed by atoms with E-state index >= 15 is 0 Å². The Morgan fingerprint density at radius 3 is 2.69 bits per heavy atom. The Balaban J connectivity index is 2.12. The summed E-state index contributed by atoms with van der Waals surface area (Å²) in [7, 11) is 0. The second-order valence-corrected chi connectivity index (χ2v) is 3.30. The molecule has 1 unspecified atom stereocenters. The molecule has 0 radical (unpaired) electrons. The summed E-state index contributed by atoms with van der Waals surface area (Å²) >= 11 is 0. The summed E-state index contributed by atoms with van der Waals surface area (Å²) in [5.41, 5.74) is 0. The van der Waals surface area contributed by atoms with Crippen LogP contribution < -0.4 is 4.90 Å². The van der Waals surface area contributed by atoms with Gasteiger partial charge in [0, 0.05) is 13.1 Å². The SMILES string of the molecule is CC(O)c1nc(N2CCCC2)no1. The van der Waals surface area contributed by atoms with Crippen LogP contribution in [0.4, 0.5) is 5.95 Å². The van der Waals surface area contributed by atoms with Crippen LogP contribution in [0.3, 0.4) is 0 Å². The minimum atomic E-state index is -0.677. The van der Waals surface area contributed by atoms with Gasteiger partial charge in [-0.15, -0.1) is 0 Å². The van der Waals surface area contributed by atoms with Crippen molar-refractivity contribution in [1.29, 1.82) is 0 Å². The van der Waals surface area contributed by atoms with Gasteiger partial charge in [-0.25, -0.2) is 0 Å². The second-order valence-electron chi connectivity index (χ2n) is 3.30. The third kappa shape index (κ3) is 1.65. The van der Waals surface area contributed by atoms with E-state index in [0.29, 0.717) is 11.8 Å². The van der Waals surface area contributed by atoms with Crippen LogP contribution in [-0.4, -0.2) is 28.3 Å². The fraction of sp³-hybridized carbons (Fsp3) is 0.750. The molecule has 0 bridgehead atoms. The lowest BCUT2D eigenvalue weighted by Crippen LogP contribution is -2.18. The van der Waals surface area contributed by atoms with Gasteiger partial charge in [0.25, 0.3) is 11.8 Å². The minimum Gasteiger partial charge on any atom is -0.384 e. The molecule has 1 aromatic heterocycles. The third-order valence-electron chi connectivity index (χ3n) is 2.18. The summed E-state index contributed by atoms with van der Waals surface area (Å²) in [6, 6.07) is 0. The molecule has 13 heavy (non-hydrogen) atoms. The summed E-state index contributed by atoms with van der Waals surface area (Å²) in [6.07, 6.45) is 1.68. The highest BCUT2D eigenvalue weighted by atomic mass is 16.5. The van der Waals surface area contributed by atoms with Gasteiger partial charge >= 0.3 is 0 Å². The molecule has 5 heteroatoms. The van der Waals surface area contributed by atoms with E-state index in [1.807, 2.05) is 0 Å². The van der Waals surface area contributed by atoms with Gasteiger partial charge in [-0.05, 0) is 24.9 Å². The maximum absolute atomic E-state index is 9.17. The molecule has 2 rings (SSSR count). The van der Waals surface area contributed by atoms with Crippen molar-refractivity contribution in [3.63, 3.8) is 0 Å². The topological polar surface area (TPSA) is 62.4 Å². The minimum absolute atomic E-state index is 0.293. The smallest absolute Gasteiger partial charge is 0.266 e. The average molecular weight is 183 g/mol. The highest BCUT2D eigenvalue weighted by Gasteiger charge is 2.19. The number of nitrogens with zero attached hydrogens (tertiary/aromatic N) is 3. The van der Waals surface area contributed by atoms with Crippen LogP contribution in [0.25, 0.3) is 0 Å². The lowest BCUT2D eigenvalue weighted by atomic mass is 10.4. The number of aromatic nitrogens is 2. The molecule has 0 amide bonds. The van der Waals surface area contributed by atoms with E-state index in [1.165, 1.54) is 12.8 Å². The number of hydrogen-bond acceptors (Lipinski definition) is 5. The Morgan fingerprint density at radius 2 is 2.15 bits per heavy atom. The van der Waals surface area contributed by atoms with E-state index in [4.69, 9.17) is 9.63 Å². The Kier molecular flexibility index (Phi) is 2.18. The quantitative estimate of drug-likeness (QED) is 0.732. The fourth-order valence-corrected chi connectivity index (χ4v) is 1.44. The predicted octanol–water partition coefficient (Wildman–Crippen LogP) is 0.723. The van der Waals surface area contributed by atoms with Crippen molar-refractivity contribution in [1.82, 2.24) is 10.1 Å². The van der Waals surface area contributed by atoms with E-state index in [2.05, 4.69) is 15.0 Å². The van der Waals surface area contributed by atoms with E-state index in [9.17, 15) is 0 Å². The van der Waals surface area contributed by atoms with Crippen LogP contribution in [0.5, 0.6) is 0 Å². The Morgan fingerprint density at radius 1 is 1.46 bits per heavy atom. The van der Waals surface area contributed by atoms with Crippen molar-refractivity contribution in [2.75, 3.05) is 18.0 Å². The van der Waals surface area contributed by atoms with Gasteiger partial charge < -0.3 is 14.5 Å². The van der Waals surface area contributed by atoms with Crippen molar-refractivity contribution in [3.8, 4) is 0 Å². The standard InChI is InChI=1S/C8H13N3O2/c1-6(12)7-9-8(10-13-7)11-4-2-3-5-11/h6,12H,2-5H2,1H3. The van der Waals surface area contributed by atoms with Crippen molar-refractivity contribution >= 4 is 5.95 Å². The Labute approximate surface area is 76.4 Å². The molecule has 1 aliphatic rings. The first kappa shape index (κ1) is 8.50. The number of aliphatic hydroxyl groups excluding tert-OH is 1. The Bertz CT molecular complexity index is 279. The largest absolute Gasteiger partial charge is 0.384 e. The third-order valence-corrected chi connectivity index (χ3v) is 2.18. The average Bonchev–Trinajstić information content (AvgIpc) is 2.75. The number of hydrogen-bond donors (Lipinski definition) is 1. The van der Waals surface area contributed by atoms with Gasteiger partial charge in [0.05, 0.1) is 0 Å². The monoisotopic (exact) mass is 183 g/mol. The summed E-state index contributed by atoms with van der Waals surface area (Å²) in [4.78, 5) is 6.15. The second kappa shape index (κ2) is 3.33. The molecule has 0 spiro atoms. The molecule has 5 nitrogen and oxygen atoms in total. The zero-order chi connectivity index (χ0) is 9.26. The molecule has 1 N–H and O–H groups in total. The highest BCUT2D eigenvalue weighted by Crippen LogP contribution is 2.18. The lowest BCUT2D eigenvalue weighted by Gasteiger charge is -2.09. The molecule has 2 heterocycles. The van der Waals surface area contributed by atoms with Gasteiger partial charge in [-0.2, -0.15) is 4.98 Å². The van der Waals surface area contributed by atoms with Gasteiger partial charge in [-0.1, -0.05) is 0 Å². The maximum Gasteiger partial charge on any atom is 0.266 e. The van der Waals surface area contributed by atoms with Gasteiger partial charge in [0.1, 0.15) is 6.10 Å². The van der Waals surface area contributed by atoms with E-state index < -0.39 is 6.10 Å². The molecule has 1 aliphatic heterocycles. The first-order valence-electron chi connectivity index (χ1n) is 4.54. The predicted molar refractivity (Wildman–Crippen MR) is 46.4 cm³/mol. The van der Waals surface area contributed by atoms with Crippen molar-refractivity contribution in [3.05, 3.63) is 5.89 Å². The van der Waals surface area contributed by atoms with Crippen LogP contribution in [0.2, 0.25) is 0 Å². The molecule has 1 atom stereocenters. The maximum atomic E-state index is 9.17. The first-order valence-corrected chi connectivity index (χ1v) is 4.54. The molecule has 0 aromatic carbocycles. The molecule has 1 saturated heterocycles. The summed E-state index contributed by atoms with van der Waals surface area (Å²) < 4.78 is 4.89. The van der Waals surface area contributed by atoms with Gasteiger partial charge in [0.2, 0.25) is 0 Å². The summed E-state index contributed by atoms with van der Waals surface area (Å²) in [6.45, 7) is 3.58. The summed E-state index contributed by atoms with van der Waals surface area (Å²) in [5.74, 6) is 0.898. The number of aliphatic hydroxyl groups is 1. The number of rotatable bonds is 2. The van der Waals surface area contributed by atoms with Crippen molar-refractivity contribution < 1.29 is 9.63 Å². The van der Waals surface area contributed by atoms with Gasteiger partial charge in [-0.3, -0.25) is 0 Å². The highest BCUT2D eigenvalue weighted by molar-refractivity contribution is 5.28. The van der Waals surface area contributed by atoms with E-state index in [1.54, 1.807) is 6.92 Å². The molecule has 0 aliphatic carbocycles. The van der Waals surface area contributed by atoms with Crippen LogP contribution in [0.1, 0.15) is 31.8 Å². The Hall–Kier alpha value is -1.10. The fourth-order valence-electron chi connectivity index (χ4n) is 1.44. The molecular weight excluding hydrogens is 170 g/mol. The molecule has 72 valence electrons. The van der Waals surface area contributed by atoms with E-state index in [-0.39, 0.29) is 0 Å². The van der Waals surface area contributed by atoms with Crippen LogP contribution in [0, 0.1) is 0 Å². The lowest BCUT2D eigenvalue weighted by molar-refractivity contribution is 0.152. The number of anilines is 1.